The van der Waals surface area contributed by atoms with E-state index in [1.54, 1.807) is 12.1 Å². The maximum absolute atomic E-state index is 13.0. The number of halogens is 1. The molecule has 2 aliphatic heterocycles. The summed E-state index contributed by atoms with van der Waals surface area (Å²) in [6.45, 7) is 5.48. The summed E-state index contributed by atoms with van der Waals surface area (Å²) in [5.41, 5.74) is 0. The SMILES string of the molecule is Cc1nnc(CN2CCC(N3C[C@@H](COc4ccc(F)cc4)OCC3=O)CC2)n1C. The first kappa shape index (κ1) is 20.7. The predicted molar refractivity (Wildman–Crippen MR) is 107 cm³/mol. The van der Waals surface area contributed by atoms with Crippen LogP contribution in [0.1, 0.15) is 24.5 Å². The Morgan fingerprint density at radius 2 is 1.93 bits per heavy atom. The largest absolute Gasteiger partial charge is 0.491 e. The van der Waals surface area contributed by atoms with Crippen molar-refractivity contribution in [2.75, 3.05) is 32.8 Å². The highest BCUT2D eigenvalue weighted by molar-refractivity contribution is 5.78. The molecular weight excluding hydrogens is 389 g/mol. The van der Waals surface area contributed by atoms with Crippen molar-refractivity contribution in [2.24, 2.45) is 7.05 Å². The first-order chi connectivity index (χ1) is 14.5. The summed E-state index contributed by atoms with van der Waals surface area (Å²) in [4.78, 5) is 16.8. The molecule has 0 unspecified atom stereocenters. The molecule has 2 fully saturated rings. The second-order valence-corrected chi connectivity index (χ2v) is 7.97. The van der Waals surface area contributed by atoms with Crippen LogP contribution in [0.25, 0.3) is 0 Å². The second-order valence-electron chi connectivity index (χ2n) is 7.97. The first-order valence-corrected chi connectivity index (χ1v) is 10.4. The Kier molecular flexibility index (Phi) is 6.29. The molecule has 0 aliphatic carbocycles. The minimum atomic E-state index is -0.298. The van der Waals surface area contributed by atoms with Crippen molar-refractivity contribution in [1.29, 1.82) is 0 Å². The summed E-state index contributed by atoms with van der Waals surface area (Å²) in [5, 5.41) is 8.37. The molecule has 0 radical (unpaired) electrons. The molecule has 2 saturated heterocycles. The van der Waals surface area contributed by atoms with Crippen LogP contribution in [0, 0.1) is 12.7 Å². The second kappa shape index (κ2) is 9.09. The van der Waals surface area contributed by atoms with Crippen LogP contribution >= 0.6 is 0 Å². The number of carbonyl (C=O) groups is 1. The number of likely N-dealkylation sites (tertiary alicyclic amines) is 1. The van der Waals surface area contributed by atoms with Gasteiger partial charge in [-0.2, -0.15) is 0 Å². The van der Waals surface area contributed by atoms with Crippen LogP contribution in [0.3, 0.4) is 0 Å². The van der Waals surface area contributed by atoms with Gasteiger partial charge in [0.2, 0.25) is 5.91 Å². The Labute approximate surface area is 175 Å². The van der Waals surface area contributed by atoms with Crippen LogP contribution in [0.2, 0.25) is 0 Å². The van der Waals surface area contributed by atoms with Gasteiger partial charge in [-0.15, -0.1) is 10.2 Å². The van der Waals surface area contributed by atoms with Crippen molar-refractivity contribution in [3.8, 4) is 5.75 Å². The molecule has 9 heteroatoms. The Bertz CT molecular complexity index is 864. The molecule has 1 amide bonds. The molecule has 8 nitrogen and oxygen atoms in total. The van der Waals surface area contributed by atoms with Crippen molar-refractivity contribution in [3.63, 3.8) is 0 Å². The Morgan fingerprint density at radius 1 is 1.20 bits per heavy atom. The van der Waals surface area contributed by atoms with E-state index in [1.807, 2.05) is 23.4 Å². The van der Waals surface area contributed by atoms with Gasteiger partial charge in [-0.25, -0.2) is 4.39 Å². The number of benzene rings is 1. The summed E-state index contributed by atoms with van der Waals surface area (Å²) in [6.07, 6.45) is 1.66. The van der Waals surface area contributed by atoms with Crippen molar-refractivity contribution in [3.05, 3.63) is 41.7 Å². The summed E-state index contributed by atoms with van der Waals surface area (Å²) in [7, 11) is 1.98. The normalized spacial score (nSPS) is 21.2. The van der Waals surface area contributed by atoms with Crippen LogP contribution < -0.4 is 4.74 Å². The fourth-order valence-corrected chi connectivity index (χ4v) is 4.00. The van der Waals surface area contributed by atoms with Crippen LogP contribution in [0.15, 0.2) is 24.3 Å². The quantitative estimate of drug-likeness (QED) is 0.710. The molecule has 0 saturated carbocycles. The van der Waals surface area contributed by atoms with Crippen molar-refractivity contribution < 1.29 is 18.7 Å². The third-order valence-electron chi connectivity index (χ3n) is 5.96. The van der Waals surface area contributed by atoms with Crippen molar-refractivity contribution >= 4 is 5.91 Å². The van der Waals surface area contributed by atoms with Gasteiger partial charge >= 0.3 is 0 Å². The third-order valence-corrected chi connectivity index (χ3v) is 5.96. The zero-order valence-corrected chi connectivity index (χ0v) is 17.5. The van der Waals surface area contributed by atoms with E-state index >= 15 is 0 Å². The number of morpholine rings is 1. The van der Waals surface area contributed by atoms with Gasteiger partial charge in [0.05, 0.1) is 13.1 Å². The van der Waals surface area contributed by atoms with Crippen molar-refractivity contribution in [1.82, 2.24) is 24.6 Å². The lowest BCUT2D eigenvalue weighted by Gasteiger charge is -2.42. The van der Waals surface area contributed by atoms with E-state index in [0.29, 0.717) is 18.9 Å². The van der Waals surface area contributed by atoms with E-state index in [4.69, 9.17) is 9.47 Å². The first-order valence-electron chi connectivity index (χ1n) is 10.4. The lowest BCUT2D eigenvalue weighted by molar-refractivity contribution is -0.155. The van der Waals surface area contributed by atoms with Gasteiger partial charge in [-0.1, -0.05) is 0 Å². The van der Waals surface area contributed by atoms with E-state index in [0.717, 1.165) is 44.1 Å². The number of aryl methyl sites for hydroxylation is 1. The molecule has 30 heavy (non-hydrogen) atoms. The lowest BCUT2D eigenvalue weighted by atomic mass is 10.0. The molecule has 4 rings (SSSR count). The van der Waals surface area contributed by atoms with E-state index in [9.17, 15) is 9.18 Å². The number of amides is 1. The number of rotatable bonds is 6. The molecular formula is C21H28FN5O3. The highest BCUT2D eigenvalue weighted by Crippen LogP contribution is 2.22. The molecule has 0 N–H and O–H groups in total. The Hall–Kier alpha value is -2.52. The molecule has 2 aliphatic rings. The fraction of sp³-hybridized carbons (Fsp3) is 0.571. The molecule has 2 aromatic rings. The number of piperidine rings is 1. The number of nitrogens with zero attached hydrogens (tertiary/aromatic N) is 5. The van der Waals surface area contributed by atoms with Crippen LogP contribution in [-0.2, 0) is 23.1 Å². The molecule has 1 aromatic carbocycles. The van der Waals surface area contributed by atoms with Gasteiger partial charge in [0.1, 0.15) is 42.5 Å². The molecule has 0 bridgehead atoms. The van der Waals surface area contributed by atoms with Crippen LogP contribution in [0.5, 0.6) is 5.75 Å². The molecule has 1 atom stereocenters. The Morgan fingerprint density at radius 3 is 2.60 bits per heavy atom. The number of aromatic nitrogens is 3. The van der Waals surface area contributed by atoms with Gasteiger partial charge in [-0.05, 0) is 44.0 Å². The zero-order valence-electron chi connectivity index (χ0n) is 17.5. The van der Waals surface area contributed by atoms with Crippen molar-refractivity contribution in [2.45, 2.75) is 38.5 Å². The maximum atomic E-state index is 13.0. The number of carbonyl (C=O) groups excluding carboxylic acids is 1. The average Bonchev–Trinajstić information content (AvgIpc) is 3.07. The molecule has 1 aromatic heterocycles. The van der Waals surface area contributed by atoms with Gasteiger partial charge in [0.25, 0.3) is 0 Å². The minimum absolute atomic E-state index is 0.0374. The van der Waals surface area contributed by atoms with Gasteiger partial charge in [0.15, 0.2) is 0 Å². The van der Waals surface area contributed by atoms with Crippen LogP contribution in [0.4, 0.5) is 4.39 Å². The van der Waals surface area contributed by atoms with Crippen LogP contribution in [-0.4, -0.2) is 75.5 Å². The number of hydrogen-bond acceptors (Lipinski definition) is 6. The zero-order chi connectivity index (χ0) is 21.1. The Balaban J connectivity index is 1.27. The highest BCUT2D eigenvalue weighted by Gasteiger charge is 2.34. The summed E-state index contributed by atoms with van der Waals surface area (Å²) < 4.78 is 26.4. The fourth-order valence-electron chi connectivity index (χ4n) is 4.00. The smallest absolute Gasteiger partial charge is 0.248 e. The third kappa shape index (κ3) is 4.79. The summed E-state index contributed by atoms with van der Waals surface area (Å²) in [5.74, 6) is 2.21. The molecule has 162 valence electrons. The van der Waals surface area contributed by atoms with Gasteiger partial charge in [0, 0.05) is 26.2 Å². The van der Waals surface area contributed by atoms with E-state index in [-0.39, 0.29) is 30.5 Å². The van der Waals surface area contributed by atoms with E-state index in [1.165, 1.54) is 12.1 Å². The summed E-state index contributed by atoms with van der Waals surface area (Å²) in [6, 6.07) is 6.13. The lowest BCUT2D eigenvalue weighted by Crippen LogP contribution is -2.55. The highest BCUT2D eigenvalue weighted by atomic mass is 19.1. The van der Waals surface area contributed by atoms with E-state index in [2.05, 4.69) is 15.1 Å². The average molecular weight is 417 g/mol. The minimum Gasteiger partial charge on any atom is -0.491 e. The van der Waals surface area contributed by atoms with E-state index < -0.39 is 0 Å². The van der Waals surface area contributed by atoms with Gasteiger partial charge in [-0.3, -0.25) is 9.69 Å². The summed E-state index contributed by atoms with van der Waals surface area (Å²) >= 11 is 0. The topological polar surface area (TPSA) is 72.7 Å². The molecule has 3 heterocycles. The van der Waals surface area contributed by atoms with Gasteiger partial charge < -0.3 is 18.9 Å². The maximum Gasteiger partial charge on any atom is 0.248 e. The number of hydrogen-bond donors (Lipinski definition) is 0. The number of ether oxygens (including phenoxy) is 2. The monoisotopic (exact) mass is 417 g/mol. The predicted octanol–water partition coefficient (Wildman–Crippen LogP) is 1.53. The molecule has 0 spiro atoms. The standard InChI is InChI=1S/C21H28FN5O3/c1-15-23-24-20(25(15)2)12-26-9-7-17(8-10-26)27-11-19(30-14-21(27)28)13-29-18-5-3-16(22)4-6-18/h3-6,17,19H,7-14H2,1-2H3/t19-/m0/s1.